The molecule has 2 heterocycles. The first-order valence-electron chi connectivity index (χ1n) is 9.21. The van der Waals surface area contributed by atoms with Gasteiger partial charge in [-0.2, -0.15) is 10.2 Å². The minimum Gasteiger partial charge on any atom is -0.492 e. The number of ether oxygens (including phenoxy) is 1. The van der Waals surface area contributed by atoms with E-state index in [-0.39, 0.29) is 6.42 Å². The zero-order chi connectivity index (χ0) is 20.4. The second-order valence-corrected chi connectivity index (χ2v) is 6.94. The Labute approximate surface area is 171 Å². The predicted molar refractivity (Wildman–Crippen MR) is 111 cm³/mol. The van der Waals surface area contributed by atoms with Crippen molar-refractivity contribution in [3.63, 3.8) is 0 Å². The quantitative estimate of drug-likeness (QED) is 0.463. The number of nitrogens with zero attached hydrogens (tertiary/aromatic N) is 3. The summed E-state index contributed by atoms with van der Waals surface area (Å²) in [7, 11) is 0. The van der Waals surface area contributed by atoms with E-state index < -0.39 is 5.97 Å². The normalized spacial score (nSPS) is 11.1. The van der Waals surface area contributed by atoms with E-state index in [0.717, 1.165) is 33.4 Å². The predicted octanol–water partition coefficient (Wildman–Crippen LogP) is 4.62. The van der Waals surface area contributed by atoms with E-state index in [9.17, 15) is 4.79 Å². The van der Waals surface area contributed by atoms with Crippen LogP contribution in [0.2, 0.25) is 5.02 Å². The second kappa shape index (κ2) is 7.97. The van der Waals surface area contributed by atoms with Crippen molar-refractivity contribution in [2.24, 2.45) is 0 Å². The van der Waals surface area contributed by atoms with Crippen LogP contribution in [0.3, 0.4) is 0 Å². The van der Waals surface area contributed by atoms with Crippen molar-refractivity contribution in [2.75, 3.05) is 6.61 Å². The van der Waals surface area contributed by atoms with Crippen LogP contribution < -0.4 is 4.74 Å². The molecule has 29 heavy (non-hydrogen) atoms. The van der Waals surface area contributed by atoms with Gasteiger partial charge in [0.15, 0.2) is 0 Å². The second-order valence-electron chi connectivity index (χ2n) is 6.53. The first-order chi connectivity index (χ1) is 14.0. The third-order valence-electron chi connectivity index (χ3n) is 4.60. The Morgan fingerprint density at radius 2 is 2.03 bits per heavy atom. The number of hydrogen-bond acceptors (Lipinski definition) is 4. The van der Waals surface area contributed by atoms with E-state index in [1.807, 2.05) is 49.4 Å². The van der Waals surface area contributed by atoms with Crippen LogP contribution >= 0.6 is 11.6 Å². The number of carboxylic acids is 1. The number of benzene rings is 2. The molecule has 0 saturated heterocycles. The van der Waals surface area contributed by atoms with Gasteiger partial charge in [-0.1, -0.05) is 17.7 Å². The van der Waals surface area contributed by atoms with E-state index in [1.54, 1.807) is 10.9 Å². The van der Waals surface area contributed by atoms with E-state index in [0.29, 0.717) is 23.9 Å². The molecule has 0 aliphatic heterocycles. The van der Waals surface area contributed by atoms with Gasteiger partial charge >= 0.3 is 5.97 Å². The lowest BCUT2D eigenvalue weighted by Crippen LogP contribution is -2.05. The lowest BCUT2D eigenvalue weighted by Gasteiger charge is -2.06. The third kappa shape index (κ3) is 3.95. The van der Waals surface area contributed by atoms with Crippen molar-refractivity contribution in [3.05, 3.63) is 53.7 Å². The van der Waals surface area contributed by atoms with Gasteiger partial charge in [0.05, 0.1) is 47.7 Å². The van der Waals surface area contributed by atoms with Crippen molar-refractivity contribution < 1.29 is 14.6 Å². The molecule has 8 heteroatoms. The van der Waals surface area contributed by atoms with Gasteiger partial charge in [0.1, 0.15) is 5.75 Å². The van der Waals surface area contributed by atoms with Crippen LogP contribution in [0, 0.1) is 0 Å². The Morgan fingerprint density at radius 3 is 2.79 bits per heavy atom. The number of hydrogen-bond donors (Lipinski definition) is 2. The molecule has 0 saturated carbocycles. The van der Waals surface area contributed by atoms with Gasteiger partial charge < -0.3 is 9.84 Å². The highest BCUT2D eigenvalue weighted by Crippen LogP contribution is 2.31. The standard InChI is InChI=1S/C21H19ClN4O3/c1-2-29-20-6-4-14(10-16(20)22)18-11-17(24-25-18)13-3-5-19-15(9-13)12-23-26(19)8-7-21(27)28/h3-6,9-12H,2,7-8H2,1H3,(H,24,25)(H,27,28). The van der Waals surface area contributed by atoms with Gasteiger partial charge in [0, 0.05) is 16.5 Å². The average Bonchev–Trinajstić information content (AvgIpc) is 3.35. The van der Waals surface area contributed by atoms with Gasteiger partial charge in [0.25, 0.3) is 0 Å². The fourth-order valence-electron chi connectivity index (χ4n) is 3.18. The smallest absolute Gasteiger partial charge is 0.305 e. The molecule has 0 aliphatic carbocycles. The monoisotopic (exact) mass is 410 g/mol. The average molecular weight is 411 g/mol. The summed E-state index contributed by atoms with van der Waals surface area (Å²) in [6.45, 7) is 2.81. The molecule has 7 nitrogen and oxygen atoms in total. The molecule has 4 rings (SSSR count). The van der Waals surface area contributed by atoms with E-state index in [1.165, 1.54) is 0 Å². The first kappa shape index (κ1) is 19.0. The summed E-state index contributed by atoms with van der Waals surface area (Å²) in [6.07, 6.45) is 1.78. The Bertz CT molecular complexity index is 1180. The molecule has 0 amide bonds. The van der Waals surface area contributed by atoms with Gasteiger partial charge in [-0.05, 0) is 43.3 Å². The summed E-state index contributed by atoms with van der Waals surface area (Å²) in [5.74, 6) is -0.191. The number of fused-ring (bicyclic) bond motifs is 1. The molecule has 0 unspecified atom stereocenters. The molecule has 0 fully saturated rings. The van der Waals surface area contributed by atoms with E-state index in [4.69, 9.17) is 21.4 Å². The van der Waals surface area contributed by atoms with Crippen LogP contribution in [0.5, 0.6) is 5.75 Å². The summed E-state index contributed by atoms with van der Waals surface area (Å²) in [5.41, 5.74) is 4.40. The maximum absolute atomic E-state index is 10.8. The molecule has 0 spiro atoms. The first-order valence-corrected chi connectivity index (χ1v) is 9.59. The topological polar surface area (TPSA) is 93.0 Å². The zero-order valence-corrected chi connectivity index (χ0v) is 16.5. The molecule has 2 aromatic heterocycles. The number of halogens is 1. The van der Waals surface area contributed by atoms with E-state index in [2.05, 4.69) is 15.3 Å². The fraction of sp³-hybridized carbons (Fsp3) is 0.190. The van der Waals surface area contributed by atoms with Crippen molar-refractivity contribution in [3.8, 4) is 28.3 Å². The van der Waals surface area contributed by atoms with Gasteiger partial charge in [-0.3, -0.25) is 14.6 Å². The maximum Gasteiger partial charge on any atom is 0.305 e. The van der Waals surface area contributed by atoms with Crippen LogP contribution in [0.4, 0.5) is 0 Å². The maximum atomic E-state index is 10.8. The molecule has 4 aromatic rings. The van der Waals surface area contributed by atoms with Crippen LogP contribution in [-0.4, -0.2) is 37.7 Å². The number of aromatic nitrogens is 4. The van der Waals surface area contributed by atoms with Crippen LogP contribution in [0.25, 0.3) is 33.4 Å². The molecular weight excluding hydrogens is 392 g/mol. The van der Waals surface area contributed by atoms with Crippen molar-refractivity contribution in [1.29, 1.82) is 0 Å². The number of aryl methyl sites for hydroxylation is 1. The molecule has 0 radical (unpaired) electrons. The number of aromatic amines is 1. The lowest BCUT2D eigenvalue weighted by molar-refractivity contribution is -0.137. The highest BCUT2D eigenvalue weighted by atomic mass is 35.5. The Kier molecular flexibility index (Phi) is 5.22. The number of carbonyl (C=O) groups is 1. The molecule has 0 bridgehead atoms. The van der Waals surface area contributed by atoms with Gasteiger partial charge in [-0.25, -0.2) is 0 Å². The molecule has 0 atom stereocenters. The third-order valence-corrected chi connectivity index (χ3v) is 4.89. The van der Waals surface area contributed by atoms with Crippen molar-refractivity contribution >= 4 is 28.5 Å². The number of carboxylic acid groups (broad SMARTS) is 1. The SMILES string of the molecule is CCOc1ccc(-c2cc(-c3ccc4c(cnn4CCC(=O)O)c3)[nH]n2)cc1Cl. The van der Waals surface area contributed by atoms with Crippen LogP contribution in [0.1, 0.15) is 13.3 Å². The molecule has 2 aromatic carbocycles. The van der Waals surface area contributed by atoms with Crippen molar-refractivity contribution in [2.45, 2.75) is 19.9 Å². The molecular formula is C21H19ClN4O3. The highest BCUT2D eigenvalue weighted by Gasteiger charge is 2.11. The summed E-state index contributed by atoms with van der Waals surface area (Å²) in [6, 6.07) is 13.5. The molecule has 0 aliphatic rings. The van der Waals surface area contributed by atoms with E-state index >= 15 is 0 Å². The summed E-state index contributed by atoms with van der Waals surface area (Å²) >= 11 is 6.29. The number of nitrogens with one attached hydrogen (secondary N) is 1. The van der Waals surface area contributed by atoms with Crippen LogP contribution in [0.15, 0.2) is 48.7 Å². The van der Waals surface area contributed by atoms with Gasteiger partial charge in [-0.15, -0.1) is 0 Å². The summed E-state index contributed by atoms with van der Waals surface area (Å²) in [5, 5.41) is 22.1. The molecule has 148 valence electrons. The van der Waals surface area contributed by atoms with Gasteiger partial charge in [0.2, 0.25) is 0 Å². The zero-order valence-electron chi connectivity index (χ0n) is 15.7. The highest BCUT2D eigenvalue weighted by molar-refractivity contribution is 6.32. The number of aliphatic carboxylic acids is 1. The number of H-pyrrole nitrogens is 1. The summed E-state index contributed by atoms with van der Waals surface area (Å²) < 4.78 is 7.18. The minimum absolute atomic E-state index is 0.0348. The Hall–Kier alpha value is -3.32. The minimum atomic E-state index is -0.843. The molecule has 2 N–H and O–H groups in total. The Balaban J connectivity index is 1.60. The van der Waals surface area contributed by atoms with Crippen LogP contribution in [-0.2, 0) is 11.3 Å². The largest absolute Gasteiger partial charge is 0.492 e. The lowest BCUT2D eigenvalue weighted by atomic mass is 10.1. The summed E-state index contributed by atoms with van der Waals surface area (Å²) in [4.78, 5) is 10.8. The van der Waals surface area contributed by atoms with Crippen molar-refractivity contribution in [1.82, 2.24) is 20.0 Å². The number of rotatable bonds is 7. The fourth-order valence-corrected chi connectivity index (χ4v) is 3.42. The Morgan fingerprint density at radius 1 is 1.21 bits per heavy atom.